The fourth-order valence-electron chi connectivity index (χ4n) is 8.62. The average Bonchev–Trinajstić information content (AvgIpc) is 3.59. The van der Waals surface area contributed by atoms with Crippen LogP contribution in [0.3, 0.4) is 0 Å². The first-order valence-corrected chi connectivity index (χ1v) is 16.4. The molecule has 7 aromatic rings. The second kappa shape index (κ2) is 9.52. The van der Waals surface area contributed by atoms with Crippen molar-refractivity contribution in [3.8, 4) is 27.9 Å². The number of nitrogens with zero attached hydrogens (tertiary/aromatic N) is 2. The Bertz CT molecular complexity index is 2470. The van der Waals surface area contributed by atoms with E-state index in [1.165, 1.54) is 82.8 Å². The molecule has 2 atom stereocenters. The summed E-state index contributed by atoms with van der Waals surface area (Å²) in [5.41, 5.74) is 14.3. The van der Waals surface area contributed by atoms with E-state index in [4.69, 9.17) is 0 Å². The number of benzene rings is 6. The average molecular weight is 589 g/mol. The van der Waals surface area contributed by atoms with Crippen LogP contribution in [0.2, 0.25) is 0 Å². The fraction of sp³-hybridized carbons (Fsp3) is 0.114. The monoisotopic (exact) mass is 588 g/mol. The molecule has 0 radical (unpaired) electrons. The van der Waals surface area contributed by atoms with E-state index in [1.807, 2.05) is 6.21 Å². The van der Waals surface area contributed by atoms with Crippen molar-refractivity contribution in [1.29, 1.82) is 0 Å². The van der Waals surface area contributed by atoms with Gasteiger partial charge in [-0.2, -0.15) is 0 Å². The van der Waals surface area contributed by atoms with Crippen LogP contribution in [0.5, 0.6) is 0 Å². The summed E-state index contributed by atoms with van der Waals surface area (Å²) in [7, 11) is 0. The van der Waals surface area contributed by atoms with Gasteiger partial charge in [-0.1, -0.05) is 116 Å². The molecule has 46 heavy (non-hydrogen) atoms. The maximum Gasteiger partial charge on any atom is 0.0544 e. The molecule has 0 N–H and O–H groups in total. The molecule has 0 spiro atoms. The Balaban J connectivity index is 1.11. The number of hydrogen-bond donors (Lipinski definition) is 0. The van der Waals surface area contributed by atoms with E-state index < -0.39 is 0 Å². The van der Waals surface area contributed by atoms with Gasteiger partial charge in [0.1, 0.15) is 0 Å². The first-order chi connectivity index (χ1) is 22.7. The summed E-state index contributed by atoms with van der Waals surface area (Å²) in [6, 6.07) is 43.0. The van der Waals surface area contributed by atoms with Crippen molar-refractivity contribution in [2.45, 2.75) is 24.7 Å². The summed E-state index contributed by atoms with van der Waals surface area (Å²) < 4.78 is 2.42. The molecule has 2 heteroatoms. The van der Waals surface area contributed by atoms with Crippen LogP contribution in [0.4, 0.5) is 0 Å². The van der Waals surface area contributed by atoms with Crippen molar-refractivity contribution in [3.63, 3.8) is 0 Å². The third-order valence-electron chi connectivity index (χ3n) is 10.8. The summed E-state index contributed by atoms with van der Waals surface area (Å²) in [6.07, 6.45) is 12.2. The number of allylic oxidation sites excluding steroid dienone is 4. The number of aromatic nitrogens is 1. The quantitative estimate of drug-likeness (QED) is 0.195. The smallest absolute Gasteiger partial charge is 0.0544 e. The molecule has 0 saturated heterocycles. The molecule has 2 aliphatic carbocycles. The second-order valence-corrected chi connectivity index (χ2v) is 13.2. The van der Waals surface area contributed by atoms with Crippen LogP contribution in [0.1, 0.15) is 35.1 Å². The molecule has 1 aliphatic heterocycles. The Kier molecular flexibility index (Phi) is 5.34. The van der Waals surface area contributed by atoms with Crippen LogP contribution in [-0.2, 0) is 11.8 Å². The van der Waals surface area contributed by atoms with Gasteiger partial charge in [0.25, 0.3) is 0 Å². The van der Waals surface area contributed by atoms with Crippen LogP contribution in [0, 0.1) is 0 Å². The minimum atomic E-state index is 0.0212. The van der Waals surface area contributed by atoms with Crippen LogP contribution in [0.15, 0.2) is 145 Å². The number of rotatable bonds is 3. The van der Waals surface area contributed by atoms with Gasteiger partial charge < -0.3 is 4.57 Å². The lowest BCUT2D eigenvalue weighted by atomic mass is 9.72. The fourth-order valence-corrected chi connectivity index (χ4v) is 8.62. The van der Waals surface area contributed by atoms with Gasteiger partial charge in [0.15, 0.2) is 0 Å². The van der Waals surface area contributed by atoms with Gasteiger partial charge in [-0.15, -0.1) is 0 Å². The maximum atomic E-state index is 4.58. The summed E-state index contributed by atoms with van der Waals surface area (Å²) in [6.45, 7) is 3.23. The number of para-hydroxylation sites is 1. The van der Waals surface area contributed by atoms with Gasteiger partial charge in [0, 0.05) is 40.6 Å². The van der Waals surface area contributed by atoms with Gasteiger partial charge in [-0.05, 0) is 92.0 Å². The molecule has 1 aromatic heterocycles. The Morgan fingerprint density at radius 3 is 2.41 bits per heavy atom. The van der Waals surface area contributed by atoms with E-state index in [0.29, 0.717) is 5.92 Å². The van der Waals surface area contributed by atoms with Gasteiger partial charge >= 0.3 is 0 Å². The number of aliphatic imine (C=N–C) groups is 1. The molecule has 3 aliphatic rings. The lowest BCUT2D eigenvalue weighted by Gasteiger charge is -2.30. The van der Waals surface area contributed by atoms with Crippen molar-refractivity contribution in [1.82, 2.24) is 4.57 Å². The van der Waals surface area contributed by atoms with E-state index in [0.717, 1.165) is 13.0 Å². The molecule has 0 amide bonds. The summed E-state index contributed by atoms with van der Waals surface area (Å²) in [4.78, 5) is 4.58. The van der Waals surface area contributed by atoms with E-state index >= 15 is 0 Å². The summed E-state index contributed by atoms with van der Waals surface area (Å²) in [5, 5.41) is 5.44. The Morgan fingerprint density at radius 2 is 1.52 bits per heavy atom. The highest BCUT2D eigenvalue weighted by atomic mass is 15.0. The number of hydrogen-bond acceptors (Lipinski definition) is 1. The van der Waals surface area contributed by atoms with Crippen molar-refractivity contribution >= 4 is 38.8 Å². The third kappa shape index (κ3) is 3.50. The van der Waals surface area contributed by atoms with Crippen LogP contribution < -0.4 is 0 Å². The van der Waals surface area contributed by atoms with Gasteiger partial charge in [-0.3, -0.25) is 4.99 Å². The standard InChI is InChI=1S/C44H32N2/c1-44-24-6-5-12-38(44)36-11-7-10-35-33(19-20-39(44)42(35)36)29-15-13-28(14-16-29)30-17-21-40-37(26-30)43-34-23-25-45-27-31(34)18-22-41(43)46(40)32-8-3-2-4-9-32/h2-22,24,26-27,38H,23,25H2,1H3. The van der Waals surface area contributed by atoms with Crippen LogP contribution >= 0.6 is 0 Å². The highest BCUT2D eigenvalue weighted by Crippen LogP contribution is 2.54. The van der Waals surface area contributed by atoms with E-state index in [2.05, 4.69) is 156 Å². The maximum absolute atomic E-state index is 4.58. The predicted molar refractivity (Wildman–Crippen MR) is 194 cm³/mol. The van der Waals surface area contributed by atoms with Crippen molar-refractivity contribution in [2.75, 3.05) is 6.54 Å². The largest absolute Gasteiger partial charge is 0.309 e. The second-order valence-electron chi connectivity index (χ2n) is 13.2. The molecule has 218 valence electrons. The Labute approximate surface area is 268 Å². The zero-order valence-corrected chi connectivity index (χ0v) is 25.7. The molecular formula is C44H32N2. The SMILES string of the molecule is CC12C=CC=CC1c1cccc3c(-c4ccc(-c5ccc6c(c5)c5c7c(ccc5n6-c5ccccc5)C=NCC7)cc4)ccc2c13. The molecule has 6 aromatic carbocycles. The third-order valence-corrected chi connectivity index (χ3v) is 10.8. The molecule has 0 saturated carbocycles. The normalized spacial score (nSPS) is 19.3. The Hall–Kier alpha value is -5.47. The molecule has 10 rings (SSSR count). The van der Waals surface area contributed by atoms with E-state index in [-0.39, 0.29) is 5.41 Å². The minimum Gasteiger partial charge on any atom is -0.309 e. The highest BCUT2D eigenvalue weighted by Gasteiger charge is 2.42. The zero-order valence-electron chi connectivity index (χ0n) is 25.7. The Morgan fingerprint density at radius 1 is 0.696 bits per heavy atom. The van der Waals surface area contributed by atoms with Crippen LogP contribution in [-0.4, -0.2) is 17.3 Å². The lowest BCUT2D eigenvalue weighted by molar-refractivity contribution is 0.551. The topological polar surface area (TPSA) is 17.3 Å². The first-order valence-electron chi connectivity index (χ1n) is 16.4. The van der Waals surface area contributed by atoms with Crippen molar-refractivity contribution in [3.05, 3.63) is 162 Å². The summed E-state index contributed by atoms with van der Waals surface area (Å²) >= 11 is 0. The predicted octanol–water partition coefficient (Wildman–Crippen LogP) is 10.7. The van der Waals surface area contributed by atoms with E-state index in [9.17, 15) is 0 Å². The molecule has 2 unspecified atom stereocenters. The first kappa shape index (κ1) is 25.8. The van der Waals surface area contributed by atoms with Gasteiger partial charge in [-0.25, -0.2) is 0 Å². The highest BCUT2D eigenvalue weighted by molar-refractivity contribution is 6.14. The molecule has 2 nitrogen and oxygen atoms in total. The van der Waals surface area contributed by atoms with Gasteiger partial charge in [0.05, 0.1) is 11.0 Å². The zero-order chi connectivity index (χ0) is 30.4. The minimum absolute atomic E-state index is 0.0212. The molecule has 0 fully saturated rings. The van der Waals surface area contributed by atoms with Crippen molar-refractivity contribution < 1.29 is 0 Å². The van der Waals surface area contributed by atoms with E-state index in [1.54, 1.807) is 0 Å². The lowest BCUT2D eigenvalue weighted by Crippen LogP contribution is -2.23. The molecular weight excluding hydrogens is 556 g/mol. The van der Waals surface area contributed by atoms with Crippen molar-refractivity contribution in [2.24, 2.45) is 4.99 Å². The van der Waals surface area contributed by atoms with Gasteiger partial charge in [0.2, 0.25) is 0 Å². The summed E-state index contributed by atoms with van der Waals surface area (Å²) in [5.74, 6) is 0.398. The number of fused-ring (bicyclic) bond motifs is 8. The van der Waals surface area contributed by atoms with Crippen LogP contribution in [0.25, 0.3) is 60.5 Å². The molecule has 0 bridgehead atoms. The molecule has 2 heterocycles.